The van der Waals surface area contributed by atoms with Crippen LogP contribution in [0.25, 0.3) is 28.0 Å². The largest absolute Gasteiger partial charge is 0.355 e. The number of rotatable bonds is 4. The van der Waals surface area contributed by atoms with Gasteiger partial charge in [-0.05, 0) is 55.7 Å². The summed E-state index contributed by atoms with van der Waals surface area (Å²) in [5.74, 6) is -1.02. The molecule has 0 radical (unpaired) electrons. The average Bonchev–Trinajstić information content (AvgIpc) is 2.89. The maximum atomic E-state index is 14.9. The number of fused-ring (bicyclic) bond motifs is 1. The number of nitrogens with one attached hydrogen (secondary N) is 1. The second kappa shape index (κ2) is 9.91. The van der Waals surface area contributed by atoms with Crippen molar-refractivity contribution < 1.29 is 8.78 Å². The Morgan fingerprint density at radius 1 is 1.18 bits per heavy atom. The van der Waals surface area contributed by atoms with Crippen LogP contribution in [-0.4, -0.2) is 45.2 Å². The van der Waals surface area contributed by atoms with Crippen molar-refractivity contribution in [2.45, 2.75) is 39.7 Å². The van der Waals surface area contributed by atoms with Crippen LogP contribution in [0, 0.1) is 29.9 Å². The molecule has 0 bridgehead atoms. The van der Waals surface area contributed by atoms with Crippen LogP contribution in [0.3, 0.4) is 0 Å². The molecule has 1 aliphatic heterocycles. The molecule has 1 aromatic carbocycles. The van der Waals surface area contributed by atoms with E-state index in [0.29, 0.717) is 42.2 Å². The number of hydrogen-bond donors (Lipinski definition) is 1. The van der Waals surface area contributed by atoms with E-state index in [9.17, 15) is 18.8 Å². The molecule has 1 N–H and O–H groups in total. The van der Waals surface area contributed by atoms with E-state index in [1.807, 2.05) is 32.6 Å². The zero-order valence-corrected chi connectivity index (χ0v) is 21.6. The predicted octanol–water partition coefficient (Wildman–Crippen LogP) is 4.22. The summed E-state index contributed by atoms with van der Waals surface area (Å²) in [6.07, 6.45) is 1.68. The second-order valence-corrected chi connectivity index (χ2v) is 9.81. The Balaban J connectivity index is 1.94. The van der Waals surface area contributed by atoms with E-state index in [1.165, 1.54) is 4.57 Å². The molecule has 1 saturated heterocycles. The summed E-state index contributed by atoms with van der Waals surface area (Å²) in [6.45, 7) is 9.80. The number of pyridine rings is 2. The first-order valence-corrected chi connectivity index (χ1v) is 12.5. The van der Waals surface area contributed by atoms with Crippen molar-refractivity contribution in [3.63, 3.8) is 0 Å². The molecular formula is C28H27F2N7O. The van der Waals surface area contributed by atoms with E-state index in [0.717, 1.165) is 23.8 Å². The molecule has 10 heteroatoms. The van der Waals surface area contributed by atoms with Crippen molar-refractivity contribution in [2.75, 3.05) is 24.5 Å². The Bertz CT molecular complexity index is 1660. The molecule has 0 spiro atoms. The van der Waals surface area contributed by atoms with Crippen LogP contribution in [0.2, 0.25) is 0 Å². The summed E-state index contributed by atoms with van der Waals surface area (Å²) in [4.78, 5) is 29.5. The molecule has 4 heterocycles. The number of hydrogen-bond acceptors (Lipinski definition) is 7. The van der Waals surface area contributed by atoms with Crippen LogP contribution in [0.15, 0.2) is 41.3 Å². The van der Waals surface area contributed by atoms with Crippen molar-refractivity contribution in [1.82, 2.24) is 24.8 Å². The molecule has 1 fully saturated rings. The van der Waals surface area contributed by atoms with Gasteiger partial charge >= 0.3 is 5.69 Å². The molecular weight excluding hydrogens is 488 g/mol. The Kier molecular flexibility index (Phi) is 6.63. The van der Waals surface area contributed by atoms with Crippen molar-refractivity contribution in [1.29, 1.82) is 5.26 Å². The summed E-state index contributed by atoms with van der Waals surface area (Å²) >= 11 is 0. The summed E-state index contributed by atoms with van der Waals surface area (Å²) in [7, 11) is 0. The van der Waals surface area contributed by atoms with Gasteiger partial charge in [0.25, 0.3) is 0 Å². The molecule has 0 unspecified atom stereocenters. The Labute approximate surface area is 218 Å². The van der Waals surface area contributed by atoms with Gasteiger partial charge in [0.1, 0.15) is 23.5 Å². The monoisotopic (exact) mass is 515 g/mol. The standard InChI is InChI=1S/C28H27F2N7O/c1-15(2)23-25(16(3)7-8-33-23)37-27-21(26(35-28(37)38)36-10-9-32-14-17(36)4)11-18(13-31)24(34-27)20-12-19(29)5-6-22(20)30/h5-8,11-12,15,17,32H,9-10,14H2,1-4H3/t17-/m0/s1. The highest BCUT2D eigenvalue weighted by atomic mass is 19.1. The highest BCUT2D eigenvalue weighted by molar-refractivity contribution is 5.92. The fourth-order valence-electron chi connectivity index (χ4n) is 4.96. The molecule has 0 amide bonds. The number of aryl methyl sites for hydroxylation is 1. The molecule has 8 nitrogen and oxygen atoms in total. The summed E-state index contributed by atoms with van der Waals surface area (Å²) in [5.41, 5.74) is 1.44. The van der Waals surface area contributed by atoms with Gasteiger partial charge < -0.3 is 10.2 Å². The van der Waals surface area contributed by atoms with E-state index < -0.39 is 17.3 Å². The highest BCUT2D eigenvalue weighted by Gasteiger charge is 2.27. The number of halogens is 2. The summed E-state index contributed by atoms with van der Waals surface area (Å²) in [6, 6.07) is 8.46. The highest BCUT2D eigenvalue weighted by Crippen LogP contribution is 2.34. The molecule has 194 valence electrons. The lowest BCUT2D eigenvalue weighted by atomic mass is 10.0. The zero-order valence-electron chi connectivity index (χ0n) is 21.6. The van der Waals surface area contributed by atoms with E-state index in [1.54, 1.807) is 18.3 Å². The molecule has 0 aliphatic carbocycles. The third-order valence-electron chi connectivity index (χ3n) is 6.85. The first-order chi connectivity index (χ1) is 18.2. The normalized spacial score (nSPS) is 15.7. The first-order valence-electron chi connectivity index (χ1n) is 12.5. The fraction of sp³-hybridized carbons (Fsp3) is 0.321. The topological polar surface area (TPSA) is 99.7 Å². The minimum atomic E-state index is -0.728. The minimum absolute atomic E-state index is 0.0203. The third kappa shape index (κ3) is 4.29. The maximum absolute atomic E-state index is 14.9. The van der Waals surface area contributed by atoms with Gasteiger partial charge in [0, 0.05) is 37.4 Å². The lowest BCUT2D eigenvalue weighted by molar-refractivity contribution is 0.497. The number of piperazine rings is 1. The van der Waals surface area contributed by atoms with E-state index in [-0.39, 0.29) is 34.4 Å². The number of aromatic nitrogens is 4. The third-order valence-corrected chi connectivity index (χ3v) is 6.85. The quantitative estimate of drug-likeness (QED) is 0.434. The van der Waals surface area contributed by atoms with Crippen molar-refractivity contribution in [3.8, 4) is 23.0 Å². The van der Waals surface area contributed by atoms with Gasteiger partial charge in [-0.25, -0.2) is 23.1 Å². The van der Waals surface area contributed by atoms with Gasteiger partial charge in [-0.1, -0.05) is 13.8 Å². The molecule has 5 rings (SSSR count). The summed E-state index contributed by atoms with van der Waals surface area (Å²) in [5, 5.41) is 13.8. The van der Waals surface area contributed by atoms with Crippen LogP contribution in [0.4, 0.5) is 14.6 Å². The molecule has 1 aliphatic rings. The maximum Gasteiger partial charge on any atom is 0.355 e. The SMILES string of the molecule is Cc1ccnc(C(C)C)c1-n1c(=O)nc(N2CCNC[C@@H]2C)c2cc(C#N)c(-c3cc(F)ccc3F)nc21. The minimum Gasteiger partial charge on any atom is -0.351 e. The van der Waals surface area contributed by atoms with Crippen LogP contribution in [0.1, 0.15) is 43.5 Å². The lowest BCUT2D eigenvalue weighted by Gasteiger charge is -2.35. The van der Waals surface area contributed by atoms with Gasteiger partial charge in [0.05, 0.1) is 28.0 Å². The summed E-state index contributed by atoms with van der Waals surface area (Å²) < 4.78 is 30.5. The van der Waals surface area contributed by atoms with E-state index in [4.69, 9.17) is 4.98 Å². The van der Waals surface area contributed by atoms with Gasteiger partial charge in [-0.2, -0.15) is 10.2 Å². The van der Waals surface area contributed by atoms with Crippen LogP contribution in [0.5, 0.6) is 0 Å². The van der Waals surface area contributed by atoms with Gasteiger partial charge in [0.2, 0.25) is 0 Å². The first kappa shape index (κ1) is 25.4. The molecule has 4 aromatic rings. The molecule has 3 aromatic heterocycles. The average molecular weight is 516 g/mol. The number of anilines is 1. The van der Waals surface area contributed by atoms with Crippen LogP contribution < -0.4 is 15.9 Å². The van der Waals surface area contributed by atoms with Gasteiger partial charge in [-0.3, -0.25) is 4.98 Å². The van der Waals surface area contributed by atoms with Crippen LogP contribution >= 0.6 is 0 Å². The van der Waals surface area contributed by atoms with E-state index >= 15 is 0 Å². The van der Waals surface area contributed by atoms with Crippen molar-refractivity contribution in [2.24, 2.45) is 0 Å². The smallest absolute Gasteiger partial charge is 0.351 e. The van der Waals surface area contributed by atoms with E-state index in [2.05, 4.69) is 21.4 Å². The number of benzene rings is 1. The molecule has 38 heavy (non-hydrogen) atoms. The second-order valence-electron chi connectivity index (χ2n) is 9.81. The van der Waals surface area contributed by atoms with Crippen molar-refractivity contribution >= 4 is 16.9 Å². The van der Waals surface area contributed by atoms with Crippen LogP contribution in [-0.2, 0) is 0 Å². The number of nitrogens with zero attached hydrogens (tertiary/aromatic N) is 6. The zero-order chi connectivity index (χ0) is 27.1. The Hall–Kier alpha value is -4.23. The molecule has 1 atom stereocenters. The van der Waals surface area contributed by atoms with Crippen molar-refractivity contribution in [3.05, 3.63) is 75.5 Å². The van der Waals surface area contributed by atoms with Gasteiger partial charge in [0.15, 0.2) is 5.65 Å². The molecule has 0 saturated carbocycles. The Morgan fingerprint density at radius 2 is 1.97 bits per heavy atom. The van der Waals surface area contributed by atoms with Gasteiger partial charge in [-0.15, -0.1) is 0 Å². The fourth-order valence-corrected chi connectivity index (χ4v) is 4.96. The number of nitriles is 1. The Morgan fingerprint density at radius 3 is 2.68 bits per heavy atom. The lowest BCUT2D eigenvalue weighted by Crippen LogP contribution is -2.50. The predicted molar refractivity (Wildman–Crippen MR) is 142 cm³/mol.